The highest BCUT2D eigenvalue weighted by atomic mass is 32.2. The number of aromatic amines is 2. The van der Waals surface area contributed by atoms with Gasteiger partial charge in [0.15, 0.2) is 11.1 Å². The highest BCUT2D eigenvalue weighted by Crippen LogP contribution is 2.24. The number of benzene rings is 1. The fraction of sp³-hybridized carbons (Fsp3) is 0.238. The number of imidazole rings is 1. The Kier molecular flexibility index (Phi) is 5.19. The maximum Gasteiger partial charge on any atom is 0.326 e. The first-order chi connectivity index (χ1) is 15.5. The number of anilines is 1. The molecule has 0 amide bonds. The summed E-state index contributed by atoms with van der Waals surface area (Å²) in [6.07, 6.45) is 5.31. The summed E-state index contributed by atoms with van der Waals surface area (Å²) < 4.78 is 16.5. The predicted octanol–water partition coefficient (Wildman–Crippen LogP) is 0.825. The minimum Gasteiger partial charge on any atom is -0.593 e. The summed E-state index contributed by atoms with van der Waals surface area (Å²) in [7, 11) is 0. The second-order valence-corrected chi connectivity index (χ2v) is 8.97. The number of nitrogens with one attached hydrogen (secondary N) is 3. The van der Waals surface area contributed by atoms with E-state index in [2.05, 4.69) is 19.8 Å². The summed E-state index contributed by atoms with van der Waals surface area (Å²) in [6, 6.07) is 9.70. The van der Waals surface area contributed by atoms with Crippen LogP contribution in [0.3, 0.4) is 0 Å². The van der Waals surface area contributed by atoms with Gasteiger partial charge in [0.2, 0.25) is 5.88 Å². The SMILES string of the molecule is CC[S+]([O-])Nc1cccc(-c2cc(=NC3CC3)n3ncc(=Cc4[nH]c(=O)[nH]c4O)c3n2)c1. The molecule has 32 heavy (non-hydrogen) atoms. The fourth-order valence-corrected chi connectivity index (χ4v) is 3.82. The first-order valence-corrected chi connectivity index (χ1v) is 11.5. The third kappa shape index (κ3) is 4.12. The van der Waals surface area contributed by atoms with E-state index >= 15 is 0 Å². The van der Waals surface area contributed by atoms with Crippen LogP contribution in [0.5, 0.6) is 5.88 Å². The van der Waals surface area contributed by atoms with Crippen molar-refractivity contribution in [2.75, 3.05) is 10.5 Å². The molecule has 0 aliphatic heterocycles. The van der Waals surface area contributed by atoms with Gasteiger partial charge >= 0.3 is 5.69 Å². The van der Waals surface area contributed by atoms with Gasteiger partial charge in [-0.1, -0.05) is 12.1 Å². The Morgan fingerprint density at radius 2 is 2.22 bits per heavy atom. The number of aromatic nitrogens is 5. The lowest BCUT2D eigenvalue weighted by atomic mass is 10.1. The van der Waals surface area contributed by atoms with Gasteiger partial charge in [-0.15, -0.1) is 0 Å². The van der Waals surface area contributed by atoms with Crippen LogP contribution in [0.25, 0.3) is 23.0 Å². The Hall–Kier alpha value is -3.57. The number of H-pyrrole nitrogens is 2. The van der Waals surface area contributed by atoms with Crippen molar-refractivity contribution in [3.05, 3.63) is 63.4 Å². The summed E-state index contributed by atoms with van der Waals surface area (Å²) in [5.41, 5.74) is 3.21. The number of rotatable bonds is 6. The van der Waals surface area contributed by atoms with Crippen molar-refractivity contribution in [1.29, 1.82) is 0 Å². The van der Waals surface area contributed by atoms with Gasteiger partial charge in [-0.3, -0.25) is 9.98 Å². The molecular formula is C21H21N7O3S. The van der Waals surface area contributed by atoms with E-state index in [1.54, 1.807) is 16.8 Å². The summed E-state index contributed by atoms with van der Waals surface area (Å²) in [6.45, 7) is 1.85. The maximum atomic E-state index is 11.9. The van der Waals surface area contributed by atoms with E-state index in [4.69, 9.17) is 9.98 Å². The molecule has 0 saturated heterocycles. The monoisotopic (exact) mass is 451 g/mol. The van der Waals surface area contributed by atoms with Crippen LogP contribution >= 0.6 is 0 Å². The average molecular weight is 452 g/mol. The minimum atomic E-state index is -1.15. The van der Waals surface area contributed by atoms with Gasteiger partial charge in [-0.05, 0) is 38.0 Å². The van der Waals surface area contributed by atoms with Gasteiger partial charge in [-0.2, -0.15) is 9.61 Å². The molecule has 1 aromatic carbocycles. The maximum absolute atomic E-state index is 11.9. The van der Waals surface area contributed by atoms with Crippen LogP contribution in [0.4, 0.5) is 5.69 Å². The average Bonchev–Trinajstić information content (AvgIpc) is 3.41. The van der Waals surface area contributed by atoms with E-state index in [9.17, 15) is 14.5 Å². The summed E-state index contributed by atoms with van der Waals surface area (Å²) in [5.74, 6) is 0.248. The van der Waals surface area contributed by atoms with Crippen LogP contribution in [0.15, 0.2) is 46.3 Å². The number of nitrogens with zero attached hydrogens (tertiary/aromatic N) is 4. The molecule has 0 spiro atoms. The number of aromatic hydroxyl groups is 1. The summed E-state index contributed by atoms with van der Waals surface area (Å²) >= 11 is -1.15. The van der Waals surface area contributed by atoms with E-state index in [-0.39, 0.29) is 17.6 Å². The topological polar surface area (TPSA) is 147 Å². The summed E-state index contributed by atoms with van der Waals surface area (Å²) in [4.78, 5) is 25.9. The van der Waals surface area contributed by atoms with Gasteiger partial charge in [0, 0.05) is 16.8 Å². The Morgan fingerprint density at radius 1 is 1.38 bits per heavy atom. The van der Waals surface area contributed by atoms with Crippen LogP contribution in [-0.2, 0) is 11.4 Å². The Balaban J connectivity index is 1.68. The van der Waals surface area contributed by atoms with Crippen molar-refractivity contribution in [3.63, 3.8) is 0 Å². The molecular weight excluding hydrogens is 430 g/mol. The van der Waals surface area contributed by atoms with E-state index in [1.165, 1.54) is 0 Å². The van der Waals surface area contributed by atoms with Crippen LogP contribution in [0, 0.1) is 0 Å². The van der Waals surface area contributed by atoms with Crippen LogP contribution in [0.1, 0.15) is 25.5 Å². The number of hydrogen-bond acceptors (Lipinski definition) is 7. The molecule has 1 aliphatic carbocycles. The zero-order chi connectivity index (χ0) is 22.2. The molecule has 10 nitrogen and oxygen atoms in total. The van der Waals surface area contributed by atoms with Crippen molar-refractivity contribution in [1.82, 2.24) is 24.6 Å². The van der Waals surface area contributed by atoms with E-state index in [0.29, 0.717) is 27.8 Å². The van der Waals surface area contributed by atoms with E-state index in [0.717, 1.165) is 24.1 Å². The van der Waals surface area contributed by atoms with Crippen LogP contribution in [-0.4, -0.2) is 46.0 Å². The van der Waals surface area contributed by atoms with Crippen molar-refractivity contribution in [2.24, 2.45) is 4.99 Å². The van der Waals surface area contributed by atoms with Gasteiger partial charge in [0.05, 0.1) is 35.0 Å². The molecule has 3 heterocycles. The van der Waals surface area contributed by atoms with Crippen molar-refractivity contribution in [3.8, 4) is 17.1 Å². The smallest absolute Gasteiger partial charge is 0.326 e. The molecule has 4 N–H and O–H groups in total. The van der Waals surface area contributed by atoms with Gasteiger partial charge in [0.25, 0.3) is 0 Å². The lowest BCUT2D eigenvalue weighted by Crippen LogP contribution is -2.19. The molecule has 11 heteroatoms. The molecule has 1 atom stereocenters. The largest absolute Gasteiger partial charge is 0.593 e. The lowest BCUT2D eigenvalue weighted by molar-refractivity contribution is 0.454. The van der Waals surface area contributed by atoms with Gasteiger partial charge in [0.1, 0.15) is 11.4 Å². The standard InChI is InChI=1S/C21H21N7O3S/c1-2-32(31)27-15-5-3-4-12(8-15)16-10-18(23-14-6-7-14)28-19(24-16)13(11-22-28)9-17-20(29)26-21(30)25-17/h3-5,8-11,14,27,29H,2,6-7H2,1H3,(H2,25,26,30). The first kappa shape index (κ1) is 20.3. The van der Waals surface area contributed by atoms with Crippen molar-refractivity contribution < 1.29 is 9.66 Å². The molecule has 1 aliphatic rings. The quantitative estimate of drug-likeness (QED) is 0.319. The lowest BCUT2D eigenvalue weighted by Gasteiger charge is -2.11. The fourth-order valence-electron chi connectivity index (χ4n) is 3.29. The first-order valence-electron chi connectivity index (χ1n) is 10.2. The molecule has 0 bridgehead atoms. The Bertz CT molecular complexity index is 1470. The van der Waals surface area contributed by atoms with Gasteiger partial charge < -0.3 is 14.6 Å². The third-order valence-corrected chi connectivity index (χ3v) is 6.02. The molecule has 5 rings (SSSR count). The van der Waals surface area contributed by atoms with Crippen LogP contribution in [0.2, 0.25) is 0 Å². The molecule has 164 valence electrons. The minimum absolute atomic E-state index is 0.242. The second-order valence-electron chi connectivity index (χ2n) is 7.50. The zero-order valence-electron chi connectivity index (χ0n) is 17.2. The predicted molar refractivity (Wildman–Crippen MR) is 121 cm³/mol. The van der Waals surface area contributed by atoms with E-state index < -0.39 is 17.1 Å². The Morgan fingerprint density at radius 3 is 2.94 bits per heavy atom. The zero-order valence-corrected chi connectivity index (χ0v) is 18.0. The van der Waals surface area contributed by atoms with E-state index in [1.807, 2.05) is 37.3 Å². The molecule has 4 aromatic rings. The third-order valence-electron chi connectivity index (χ3n) is 5.03. The number of fused-ring (bicyclic) bond motifs is 1. The highest BCUT2D eigenvalue weighted by molar-refractivity contribution is 7.92. The molecule has 3 aromatic heterocycles. The summed E-state index contributed by atoms with van der Waals surface area (Å²) in [5, 5.41) is 15.0. The highest BCUT2D eigenvalue weighted by Gasteiger charge is 2.20. The molecule has 1 unspecified atom stereocenters. The van der Waals surface area contributed by atoms with Gasteiger partial charge in [-0.25, -0.2) is 14.5 Å². The molecule has 0 radical (unpaired) electrons. The van der Waals surface area contributed by atoms with Crippen LogP contribution < -0.4 is 21.1 Å². The normalized spacial score (nSPS) is 16.1. The Labute approximate surface area is 185 Å². The molecule has 1 saturated carbocycles. The van der Waals surface area contributed by atoms with Crippen molar-refractivity contribution >= 4 is 28.8 Å². The molecule has 1 fully saturated rings. The van der Waals surface area contributed by atoms with Crippen molar-refractivity contribution in [2.45, 2.75) is 25.8 Å². The second kappa shape index (κ2) is 8.17. The number of hydrogen-bond donors (Lipinski definition) is 4.